The second-order valence-electron chi connectivity index (χ2n) is 10.9. The van der Waals surface area contributed by atoms with Gasteiger partial charge in [0.2, 0.25) is 11.8 Å². The summed E-state index contributed by atoms with van der Waals surface area (Å²) in [7, 11) is 0. The lowest BCUT2D eigenvalue weighted by molar-refractivity contribution is -0.141. The number of fused-ring (bicyclic) bond motifs is 1. The zero-order valence-corrected chi connectivity index (χ0v) is 22.3. The molecule has 1 amide bonds. The maximum absolute atomic E-state index is 13.3. The lowest BCUT2D eigenvalue weighted by Crippen LogP contribution is -2.51. The Balaban J connectivity index is 1.04. The minimum absolute atomic E-state index is 0.0540. The number of carbonyl (C=O) groups is 1. The maximum Gasteiger partial charge on any atom is 0.264 e. The van der Waals surface area contributed by atoms with Gasteiger partial charge in [-0.1, -0.05) is 0 Å². The van der Waals surface area contributed by atoms with Crippen molar-refractivity contribution in [3.63, 3.8) is 0 Å². The molecule has 6 rings (SSSR count). The fourth-order valence-corrected chi connectivity index (χ4v) is 5.74. The molecule has 1 N–H and O–H groups in total. The monoisotopic (exact) mass is 564 g/mol. The summed E-state index contributed by atoms with van der Waals surface area (Å²) in [6, 6.07) is 8.54. The van der Waals surface area contributed by atoms with E-state index >= 15 is 0 Å². The van der Waals surface area contributed by atoms with E-state index in [1.165, 1.54) is 46.0 Å². The number of amides is 1. The molecule has 2 aliphatic rings. The third-order valence-corrected chi connectivity index (χ3v) is 8.11. The van der Waals surface area contributed by atoms with Gasteiger partial charge in [0.1, 0.15) is 29.5 Å². The molecule has 2 fully saturated rings. The Morgan fingerprint density at radius 2 is 1.68 bits per heavy atom. The fourth-order valence-electron chi connectivity index (χ4n) is 5.74. The summed E-state index contributed by atoms with van der Waals surface area (Å²) in [5.41, 5.74) is -0.562. The number of piperidine rings is 1. The van der Waals surface area contributed by atoms with Crippen molar-refractivity contribution in [1.82, 2.24) is 29.2 Å². The van der Waals surface area contributed by atoms with Gasteiger partial charge in [0, 0.05) is 25.1 Å². The van der Waals surface area contributed by atoms with Gasteiger partial charge in [0.15, 0.2) is 5.65 Å². The largest absolute Gasteiger partial charge is 0.474 e. The summed E-state index contributed by atoms with van der Waals surface area (Å²) in [5, 5.41) is 15.8. The van der Waals surface area contributed by atoms with Gasteiger partial charge in [-0.2, -0.15) is 5.10 Å². The lowest BCUT2D eigenvalue weighted by atomic mass is 9.85. The lowest BCUT2D eigenvalue weighted by Gasteiger charge is -2.40. The van der Waals surface area contributed by atoms with Gasteiger partial charge in [0.25, 0.3) is 5.56 Å². The van der Waals surface area contributed by atoms with E-state index < -0.39 is 11.4 Å². The molecule has 1 saturated heterocycles. The highest BCUT2D eigenvalue weighted by molar-refractivity contribution is 5.79. The first-order valence-electron chi connectivity index (χ1n) is 13.8. The number of nitrogens with zero attached hydrogens (tertiary/aromatic N) is 6. The Morgan fingerprint density at radius 1 is 0.976 bits per heavy atom. The van der Waals surface area contributed by atoms with Gasteiger partial charge in [-0.25, -0.2) is 23.4 Å². The predicted molar refractivity (Wildman–Crippen MR) is 144 cm³/mol. The maximum atomic E-state index is 13.3. The van der Waals surface area contributed by atoms with Gasteiger partial charge in [-0.3, -0.25) is 14.2 Å². The number of rotatable bonds is 6. The van der Waals surface area contributed by atoms with E-state index in [9.17, 15) is 23.5 Å². The second kappa shape index (κ2) is 11.0. The van der Waals surface area contributed by atoms with E-state index in [1.807, 2.05) is 0 Å². The van der Waals surface area contributed by atoms with Crippen molar-refractivity contribution in [3.8, 4) is 11.6 Å². The Hall–Kier alpha value is -4.19. The van der Waals surface area contributed by atoms with Gasteiger partial charge in [-0.15, -0.1) is 0 Å². The molecule has 0 bridgehead atoms. The van der Waals surface area contributed by atoms with Gasteiger partial charge >= 0.3 is 0 Å². The molecule has 1 aliphatic carbocycles. The number of ether oxygens (including phenoxy) is 1. The van der Waals surface area contributed by atoms with Crippen LogP contribution in [-0.2, 0) is 11.3 Å². The number of pyridine rings is 1. The summed E-state index contributed by atoms with van der Waals surface area (Å²) in [4.78, 5) is 36.5. The molecule has 41 heavy (non-hydrogen) atoms. The molecule has 0 atom stereocenters. The number of carbonyl (C=O) groups excluding carboxylic acids is 1. The molecule has 4 aromatic rings. The third kappa shape index (κ3) is 5.69. The van der Waals surface area contributed by atoms with E-state index in [1.54, 1.807) is 17.0 Å². The van der Waals surface area contributed by atoms with E-state index in [0.29, 0.717) is 74.2 Å². The van der Waals surface area contributed by atoms with Crippen LogP contribution in [0.15, 0.2) is 59.9 Å². The molecule has 10 nitrogen and oxygen atoms in total. The highest BCUT2D eigenvalue weighted by atomic mass is 19.1. The summed E-state index contributed by atoms with van der Waals surface area (Å²) < 4.78 is 35.1. The zero-order chi connectivity index (χ0) is 28.6. The molecule has 12 heteroatoms. The van der Waals surface area contributed by atoms with Crippen LogP contribution in [0.1, 0.15) is 38.5 Å². The number of likely N-dealkylation sites (tertiary alicyclic amines) is 1. The summed E-state index contributed by atoms with van der Waals surface area (Å²) >= 11 is 0. The normalized spacial score (nSPS) is 20.7. The number of hydrogen-bond donors (Lipinski definition) is 1. The van der Waals surface area contributed by atoms with Crippen LogP contribution >= 0.6 is 0 Å². The third-order valence-electron chi connectivity index (χ3n) is 8.11. The van der Waals surface area contributed by atoms with Crippen molar-refractivity contribution in [3.05, 3.63) is 77.1 Å². The molecule has 1 saturated carbocycles. The van der Waals surface area contributed by atoms with Crippen molar-refractivity contribution in [2.24, 2.45) is 5.92 Å². The van der Waals surface area contributed by atoms with Crippen molar-refractivity contribution in [2.75, 3.05) is 13.1 Å². The van der Waals surface area contributed by atoms with E-state index in [2.05, 4.69) is 15.1 Å². The highest BCUT2D eigenvalue weighted by Crippen LogP contribution is 2.31. The quantitative estimate of drug-likeness (QED) is 0.382. The molecule has 0 radical (unpaired) electrons. The average Bonchev–Trinajstić information content (AvgIpc) is 3.42. The topological polar surface area (TPSA) is 115 Å². The van der Waals surface area contributed by atoms with Crippen LogP contribution in [0.25, 0.3) is 16.7 Å². The van der Waals surface area contributed by atoms with E-state index in [0.717, 1.165) is 6.20 Å². The number of aromatic nitrogens is 5. The van der Waals surface area contributed by atoms with Crippen LogP contribution in [0.4, 0.5) is 8.78 Å². The van der Waals surface area contributed by atoms with Crippen LogP contribution in [0.5, 0.6) is 5.88 Å². The Kier molecular flexibility index (Phi) is 7.24. The second-order valence-corrected chi connectivity index (χ2v) is 10.9. The summed E-state index contributed by atoms with van der Waals surface area (Å²) in [5.74, 6) is -0.431. The first-order valence-corrected chi connectivity index (χ1v) is 13.8. The van der Waals surface area contributed by atoms with Crippen molar-refractivity contribution < 1.29 is 23.4 Å². The van der Waals surface area contributed by atoms with Crippen LogP contribution in [-0.4, -0.2) is 65.0 Å². The van der Waals surface area contributed by atoms with Crippen LogP contribution < -0.4 is 10.3 Å². The summed E-state index contributed by atoms with van der Waals surface area (Å²) in [6.45, 7) is 0.856. The fraction of sp³-hybridized carbons (Fsp3) is 0.414. The number of aliphatic hydroxyl groups is 1. The predicted octanol–water partition coefficient (Wildman–Crippen LogP) is 3.25. The molecule has 0 spiro atoms. The first-order chi connectivity index (χ1) is 19.8. The number of hydrogen-bond acceptors (Lipinski definition) is 7. The molecule has 3 aromatic heterocycles. The first kappa shape index (κ1) is 27.0. The minimum Gasteiger partial charge on any atom is -0.474 e. The number of benzene rings is 1. The van der Waals surface area contributed by atoms with Crippen molar-refractivity contribution in [2.45, 2.75) is 56.8 Å². The smallest absolute Gasteiger partial charge is 0.264 e. The zero-order valence-electron chi connectivity index (χ0n) is 22.3. The van der Waals surface area contributed by atoms with Crippen molar-refractivity contribution >= 4 is 16.9 Å². The Morgan fingerprint density at radius 3 is 2.37 bits per heavy atom. The molecule has 0 unspecified atom stereocenters. The minimum atomic E-state index is -1.16. The standard InChI is InChI=1S/C29H30F2N6O4/c30-20-3-6-22(7-4-20)37-26-24(16-34-37)28(39)36(18-33-26)17-29(40)11-13-35(14-12-29)27(38)19-1-8-23(9-2-19)41-25-10-5-21(31)15-32-25/h3-7,10,15-16,18-19,23,40H,1-2,8-9,11-14,17H2/t19-,23-. The summed E-state index contributed by atoms with van der Waals surface area (Å²) in [6.07, 6.45) is 7.37. The molecule has 1 aromatic carbocycles. The number of halogens is 2. The Labute approximate surface area is 234 Å². The van der Waals surface area contributed by atoms with Gasteiger partial charge < -0.3 is 14.7 Å². The molecule has 4 heterocycles. The SMILES string of the molecule is O=c1c2cnn(-c3ccc(F)cc3)c2ncn1CC1(O)CCN(C(=O)[C@H]2CC[C@H](Oc3ccc(F)cn3)CC2)CC1. The van der Waals surface area contributed by atoms with Crippen LogP contribution in [0.3, 0.4) is 0 Å². The molecular formula is C29H30F2N6O4. The average molecular weight is 565 g/mol. The molecule has 214 valence electrons. The highest BCUT2D eigenvalue weighted by Gasteiger charge is 2.37. The van der Waals surface area contributed by atoms with Crippen LogP contribution in [0.2, 0.25) is 0 Å². The molecular weight excluding hydrogens is 534 g/mol. The molecule has 1 aliphatic heterocycles. The van der Waals surface area contributed by atoms with E-state index in [-0.39, 0.29) is 35.9 Å². The van der Waals surface area contributed by atoms with Gasteiger partial charge in [0.05, 0.1) is 30.2 Å². The van der Waals surface area contributed by atoms with Crippen LogP contribution in [0, 0.1) is 17.6 Å². The Bertz CT molecular complexity index is 1590. The van der Waals surface area contributed by atoms with Crippen molar-refractivity contribution in [1.29, 1.82) is 0 Å². The van der Waals surface area contributed by atoms with E-state index in [4.69, 9.17) is 4.74 Å². The van der Waals surface area contributed by atoms with Gasteiger partial charge in [-0.05, 0) is 68.9 Å².